The number of aryl methyl sites for hydroxylation is 1. The van der Waals surface area contributed by atoms with Crippen LogP contribution in [-0.4, -0.2) is 46.8 Å². The highest BCUT2D eigenvalue weighted by Gasteiger charge is 2.21. The van der Waals surface area contributed by atoms with Crippen molar-refractivity contribution in [1.82, 2.24) is 14.7 Å². The highest BCUT2D eigenvalue weighted by molar-refractivity contribution is 5.93. The third-order valence-electron chi connectivity index (χ3n) is 6.22. The first kappa shape index (κ1) is 20.3. The summed E-state index contributed by atoms with van der Waals surface area (Å²) in [5, 5.41) is 6.05. The maximum atomic E-state index is 12.8. The Labute approximate surface area is 188 Å². The van der Waals surface area contributed by atoms with Crippen molar-refractivity contribution in [2.45, 2.75) is 19.4 Å². The number of hydrogen-bond acceptors (Lipinski definition) is 3. The lowest BCUT2D eigenvalue weighted by Crippen LogP contribution is -2.48. The molecule has 3 aromatic carbocycles. The topological polar surface area (TPSA) is 41.4 Å². The quantitative estimate of drug-likeness (QED) is 0.445. The molecule has 4 aromatic rings. The number of amides is 1. The summed E-state index contributed by atoms with van der Waals surface area (Å²) in [4.78, 5) is 17.2. The highest BCUT2D eigenvalue weighted by Crippen LogP contribution is 2.28. The summed E-state index contributed by atoms with van der Waals surface area (Å²) in [7, 11) is 0. The van der Waals surface area contributed by atoms with E-state index in [0.717, 1.165) is 61.3 Å². The highest BCUT2D eigenvalue weighted by atomic mass is 16.2. The zero-order chi connectivity index (χ0) is 21.8. The smallest absolute Gasteiger partial charge is 0.222 e. The molecule has 0 bridgehead atoms. The van der Waals surface area contributed by atoms with Gasteiger partial charge in [-0.1, -0.05) is 66.7 Å². The van der Waals surface area contributed by atoms with E-state index < -0.39 is 0 Å². The average molecular weight is 425 g/mol. The largest absolute Gasteiger partial charge is 0.368 e. The molecule has 0 N–H and O–H groups in total. The van der Waals surface area contributed by atoms with Crippen LogP contribution in [0.5, 0.6) is 0 Å². The Balaban J connectivity index is 1.19. The van der Waals surface area contributed by atoms with E-state index in [1.54, 1.807) is 0 Å². The number of benzene rings is 3. The Hall–Kier alpha value is -3.60. The molecule has 5 rings (SSSR count). The fourth-order valence-electron chi connectivity index (χ4n) is 4.50. The monoisotopic (exact) mass is 424 g/mol. The van der Waals surface area contributed by atoms with Crippen molar-refractivity contribution in [3.8, 4) is 11.3 Å². The molecule has 5 heteroatoms. The van der Waals surface area contributed by atoms with Crippen LogP contribution in [0.1, 0.15) is 12.8 Å². The fraction of sp³-hybridized carbons (Fsp3) is 0.259. The van der Waals surface area contributed by atoms with E-state index in [2.05, 4.69) is 64.2 Å². The number of aromatic nitrogens is 2. The SMILES string of the molecule is O=C(CCCn1nc(-c2ccccc2)c2ccccc21)N1CCN(c2ccccc2)CC1. The number of carbonyl (C=O) groups is 1. The van der Waals surface area contributed by atoms with Crippen LogP contribution in [0.25, 0.3) is 22.2 Å². The third-order valence-corrected chi connectivity index (χ3v) is 6.22. The van der Waals surface area contributed by atoms with Gasteiger partial charge in [0.05, 0.1) is 5.52 Å². The average Bonchev–Trinajstić information content (AvgIpc) is 3.24. The van der Waals surface area contributed by atoms with Crippen molar-refractivity contribution in [1.29, 1.82) is 0 Å². The van der Waals surface area contributed by atoms with Gasteiger partial charge >= 0.3 is 0 Å². The van der Waals surface area contributed by atoms with Crippen LogP contribution in [0.4, 0.5) is 5.69 Å². The minimum absolute atomic E-state index is 0.248. The van der Waals surface area contributed by atoms with Crippen LogP contribution in [0.3, 0.4) is 0 Å². The summed E-state index contributed by atoms with van der Waals surface area (Å²) >= 11 is 0. The molecular formula is C27H28N4O. The molecule has 32 heavy (non-hydrogen) atoms. The molecule has 1 aromatic heterocycles. The maximum absolute atomic E-state index is 12.8. The molecule has 1 aliphatic rings. The minimum atomic E-state index is 0.248. The summed E-state index contributed by atoms with van der Waals surface area (Å²) in [6.45, 7) is 4.09. The van der Waals surface area contributed by atoms with Crippen molar-refractivity contribution in [2.24, 2.45) is 0 Å². The molecule has 1 saturated heterocycles. The summed E-state index contributed by atoms with van der Waals surface area (Å²) in [5.41, 5.74) is 4.48. The minimum Gasteiger partial charge on any atom is -0.368 e. The lowest BCUT2D eigenvalue weighted by molar-refractivity contribution is -0.131. The first-order chi connectivity index (χ1) is 15.8. The third kappa shape index (κ3) is 4.24. The van der Waals surface area contributed by atoms with E-state index in [1.165, 1.54) is 5.69 Å². The molecule has 0 atom stereocenters. The number of piperazine rings is 1. The molecule has 5 nitrogen and oxygen atoms in total. The van der Waals surface area contributed by atoms with Crippen molar-refractivity contribution < 1.29 is 4.79 Å². The predicted octanol–water partition coefficient (Wildman–Crippen LogP) is 4.83. The Morgan fingerprint density at radius 2 is 1.44 bits per heavy atom. The Kier molecular flexibility index (Phi) is 5.88. The zero-order valence-electron chi connectivity index (χ0n) is 18.2. The van der Waals surface area contributed by atoms with Gasteiger partial charge in [-0.3, -0.25) is 9.48 Å². The first-order valence-corrected chi connectivity index (χ1v) is 11.4. The molecule has 0 unspecified atom stereocenters. The van der Waals surface area contributed by atoms with E-state index in [0.29, 0.717) is 6.42 Å². The Morgan fingerprint density at radius 1 is 0.781 bits per heavy atom. The molecule has 1 fully saturated rings. The number of fused-ring (bicyclic) bond motifs is 1. The molecule has 0 spiro atoms. The zero-order valence-corrected chi connectivity index (χ0v) is 18.2. The standard InChI is InChI=1S/C27H28N4O/c32-26(30-20-18-29(19-21-30)23-12-5-2-6-13-23)16-9-17-31-25-15-8-7-14-24(25)27(28-31)22-10-3-1-4-11-22/h1-8,10-15H,9,16-21H2. The second-order valence-electron chi connectivity index (χ2n) is 8.26. The summed E-state index contributed by atoms with van der Waals surface area (Å²) in [6.07, 6.45) is 1.35. The van der Waals surface area contributed by atoms with Crippen LogP contribution in [0.15, 0.2) is 84.9 Å². The lowest BCUT2D eigenvalue weighted by Gasteiger charge is -2.36. The van der Waals surface area contributed by atoms with Gasteiger partial charge in [-0.25, -0.2) is 0 Å². The van der Waals surface area contributed by atoms with Gasteiger partial charge in [0.2, 0.25) is 5.91 Å². The second-order valence-corrected chi connectivity index (χ2v) is 8.26. The van der Waals surface area contributed by atoms with Gasteiger partial charge in [-0.2, -0.15) is 5.10 Å². The van der Waals surface area contributed by atoms with E-state index in [9.17, 15) is 4.79 Å². The molecule has 0 aliphatic carbocycles. The Morgan fingerprint density at radius 3 is 2.19 bits per heavy atom. The fourth-order valence-corrected chi connectivity index (χ4v) is 4.50. The molecule has 0 saturated carbocycles. The van der Waals surface area contributed by atoms with E-state index in [1.807, 2.05) is 35.2 Å². The number of carbonyl (C=O) groups excluding carboxylic acids is 1. The van der Waals surface area contributed by atoms with Crippen LogP contribution < -0.4 is 4.90 Å². The van der Waals surface area contributed by atoms with E-state index in [4.69, 9.17) is 5.10 Å². The van der Waals surface area contributed by atoms with Crippen molar-refractivity contribution >= 4 is 22.5 Å². The first-order valence-electron chi connectivity index (χ1n) is 11.4. The van der Waals surface area contributed by atoms with Crippen LogP contribution >= 0.6 is 0 Å². The number of para-hydroxylation sites is 2. The van der Waals surface area contributed by atoms with Gasteiger partial charge < -0.3 is 9.80 Å². The van der Waals surface area contributed by atoms with Crippen molar-refractivity contribution in [3.63, 3.8) is 0 Å². The van der Waals surface area contributed by atoms with Crippen LogP contribution in [0, 0.1) is 0 Å². The van der Waals surface area contributed by atoms with E-state index in [-0.39, 0.29) is 5.91 Å². The van der Waals surface area contributed by atoms with Gasteiger partial charge in [-0.05, 0) is 24.6 Å². The van der Waals surface area contributed by atoms with Crippen LogP contribution in [0.2, 0.25) is 0 Å². The predicted molar refractivity (Wildman–Crippen MR) is 130 cm³/mol. The summed E-state index contributed by atoms with van der Waals surface area (Å²) < 4.78 is 2.05. The second kappa shape index (κ2) is 9.27. The number of rotatable bonds is 6. The lowest BCUT2D eigenvalue weighted by atomic mass is 10.1. The summed E-state index contributed by atoms with van der Waals surface area (Å²) in [5.74, 6) is 0.248. The normalized spacial score (nSPS) is 14.1. The summed E-state index contributed by atoms with van der Waals surface area (Å²) in [6, 6.07) is 29.1. The Bertz CT molecular complexity index is 1180. The molecular weight excluding hydrogens is 396 g/mol. The van der Waals surface area contributed by atoms with Gasteiger partial charge in [0.25, 0.3) is 0 Å². The number of hydrogen-bond donors (Lipinski definition) is 0. The maximum Gasteiger partial charge on any atom is 0.222 e. The number of nitrogens with zero attached hydrogens (tertiary/aromatic N) is 4. The van der Waals surface area contributed by atoms with E-state index >= 15 is 0 Å². The van der Waals surface area contributed by atoms with Gasteiger partial charge in [0.1, 0.15) is 5.69 Å². The number of anilines is 1. The van der Waals surface area contributed by atoms with Gasteiger partial charge in [-0.15, -0.1) is 0 Å². The van der Waals surface area contributed by atoms with Crippen molar-refractivity contribution in [3.05, 3.63) is 84.9 Å². The molecule has 1 amide bonds. The van der Waals surface area contributed by atoms with Gasteiger partial charge in [0.15, 0.2) is 0 Å². The molecule has 0 radical (unpaired) electrons. The molecule has 2 heterocycles. The molecule has 1 aliphatic heterocycles. The van der Waals surface area contributed by atoms with Crippen molar-refractivity contribution in [2.75, 3.05) is 31.1 Å². The van der Waals surface area contributed by atoms with Gasteiger partial charge in [0, 0.05) is 55.8 Å². The van der Waals surface area contributed by atoms with Crippen LogP contribution in [-0.2, 0) is 11.3 Å². The molecule has 162 valence electrons.